The first-order valence-corrected chi connectivity index (χ1v) is 8.80. The van der Waals surface area contributed by atoms with E-state index in [1.54, 1.807) is 12.0 Å². The Bertz CT molecular complexity index is 662. The van der Waals surface area contributed by atoms with Gasteiger partial charge in [0.05, 0.1) is 7.11 Å². The Kier molecular flexibility index (Phi) is 8.37. The molecule has 0 bridgehead atoms. The minimum atomic E-state index is -0.645. The van der Waals surface area contributed by atoms with Gasteiger partial charge in [-0.3, -0.25) is 4.90 Å². The van der Waals surface area contributed by atoms with Gasteiger partial charge in [0.25, 0.3) is 0 Å². The van der Waals surface area contributed by atoms with E-state index in [4.69, 9.17) is 20.9 Å². The number of methoxy groups -OCH3 is 1. The van der Waals surface area contributed by atoms with Crippen LogP contribution in [-0.4, -0.2) is 49.7 Å². The molecule has 1 atom stereocenters. The van der Waals surface area contributed by atoms with Crippen LogP contribution in [0.1, 0.15) is 11.1 Å². The van der Waals surface area contributed by atoms with Crippen molar-refractivity contribution >= 4 is 0 Å². The van der Waals surface area contributed by atoms with Crippen LogP contribution < -0.4 is 20.9 Å². The van der Waals surface area contributed by atoms with Gasteiger partial charge in [-0.1, -0.05) is 30.3 Å². The number of aliphatic hydroxyl groups excluding tert-OH is 1. The van der Waals surface area contributed by atoms with E-state index in [1.807, 2.05) is 42.5 Å². The first-order chi connectivity index (χ1) is 12.7. The van der Waals surface area contributed by atoms with Crippen LogP contribution in [0, 0.1) is 0 Å². The number of aliphatic hydroxyl groups is 1. The molecule has 26 heavy (non-hydrogen) atoms. The lowest BCUT2D eigenvalue weighted by Crippen LogP contribution is -2.42. The molecule has 0 aliphatic carbocycles. The minimum absolute atomic E-state index is 0.201. The maximum Gasteiger partial charge on any atom is 0.122 e. The largest absolute Gasteiger partial charge is 0.497 e. The van der Waals surface area contributed by atoms with E-state index in [-0.39, 0.29) is 6.61 Å². The Morgan fingerprint density at radius 1 is 1.04 bits per heavy atom. The number of benzene rings is 2. The number of hydrogen-bond acceptors (Lipinski definition) is 6. The molecule has 0 aliphatic heterocycles. The summed E-state index contributed by atoms with van der Waals surface area (Å²) < 4.78 is 11.1. The van der Waals surface area contributed by atoms with Crippen LogP contribution in [0.15, 0.2) is 48.5 Å². The zero-order chi connectivity index (χ0) is 18.8. The fourth-order valence-corrected chi connectivity index (χ4v) is 2.72. The molecule has 6 nitrogen and oxygen atoms in total. The smallest absolute Gasteiger partial charge is 0.122 e. The number of nitrogens with zero attached hydrogens (tertiary/aromatic N) is 1. The molecule has 0 saturated carbocycles. The molecular weight excluding hydrogens is 330 g/mol. The summed E-state index contributed by atoms with van der Waals surface area (Å²) in [6, 6.07) is 16.0. The van der Waals surface area contributed by atoms with Crippen LogP contribution in [0.2, 0.25) is 0 Å². The van der Waals surface area contributed by atoms with E-state index in [1.165, 1.54) is 5.56 Å². The second-order valence-corrected chi connectivity index (χ2v) is 6.14. The molecule has 0 amide bonds. The summed E-state index contributed by atoms with van der Waals surface area (Å²) in [6.07, 6.45) is 1.08. The fraction of sp³-hybridized carbons (Fsp3) is 0.400. The third-order valence-electron chi connectivity index (χ3n) is 4.21. The van der Waals surface area contributed by atoms with Gasteiger partial charge in [0.2, 0.25) is 0 Å². The Morgan fingerprint density at radius 3 is 2.54 bits per heavy atom. The zero-order valence-corrected chi connectivity index (χ0v) is 15.3. The van der Waals surface area contributed by atoms with E-state index in [0.29, 0.717) is 19.9 Å². The summed E-state index contributed by atoms with van der Waals surface area (Å²) in [7, 11) is 1.67. The highest BCUT2D eigenvalue weighted by Crippen LogP contribution is 2.21. The molecule has 2 rings (SSSR count). The van der Waals surface area contributed by atoms with E-state index in [9.17, 15) is 5.11 Å². The first kappa shape index (κ1) is 20.2. The third kappa shape index (κ3) is 6.31. The molecule has 2 aromatic carbocycles. The standard InChI is InChI=1S/C20H29N3O3/c1-25-19-7-4-5-16(11-19)9-10-17-6-2-3-8-20(17)26-13-18(24)12-23(14-21)15-22/h2-8,11,18,24H,9-10,12-15,21-22H2,1H3. The summed E-state index contributed by atoms with van der Waals surface area (Å²) in [5.41, 5.74) is 13.4. The lowest BCUT2D eigenvalue weighted by molar-refractivity contribution is 0.0694. The normalized spacial score (nSPS) is 12.2. The van der Waals surface area contributed by atoms with E-state index in [0.717, 1.165) is 29.9 Å². The second kappa shape index (κ2) is 10.8. The second-order valence-electron chi connectivity index (χ2n) is 6.14. The predicted molar refractivity (Wildman–Crippen MR) is 103 cm³/mol. The summed E-state index contributed by atoms with van der Waals surface area (Å²) in [5, 5.41) is 10.1. The van der Waals surface area contributed by atoms with Crippen molar-refractivity contribution in [1.82, 2.24) is 4.90 Å². The SMILES string of the molecule is COc1cccc(CCc2ccccc2OCC(O)CN(CN)CN)c1. The molecule has 0 aromatic heterocycles. The average molecular weight is 359 g/mol. The topological polar surface area (TPSA) is 94.0 Å². The molecular formula is C20H29N3O3. The van der Waals surface area contributed by atoms with Crippen LogP contribution in [0.4, 0.5) is 0 Å². The van der Waals surface area contributed by atoms with Gasteiger partial charge in [0.1, 0.15) is 24.2 Å². The van der Waals surface area contributed by atoms with Gasteiger partial charge in [-0.05, 0) is 42.2 Å². The van der Waals surface area contributed by atoms with Crippen LogP contribution in [0.25, 0.3) is 0 Å². The molecule has 0 fully saturated rings. The van der Waals surface area contributed by atoms with Crippen molar-refractivity contribution in [2.45, 2.75) is 18.9 Å². The van der Waals surface area contributed by atoms with Crippen molar-refractivity contribution in [3.05, 3.63) is 59.7 Å². The number of hydrogen-bond donors (Lipinski definition) is 3. The van der Waals surface area contributed by atoms with Gasteiger partial charge in [-0.25, -0.2) is 0 Å². The molecule has 142 valence electrons. The summed E-state index contributed by atoms with van der Waals surface area (Å²) >= 11 is 0. The van der Waals surface area contributed by atoms with Crippen molar-refractivity contribution in [3.8, 4) is 11.5 Å². The molecule has 1 unspecified atom stereocenters. The Labute approximate surface area is 155 Å². The molecule has 2 aromatic rings. The number of nitrogens with two attached hydrogens (primary N) is 2. The van der Waals surface area contributed by atoms with Crippen molar-refractivity contribution in [2.75, 3.05) is 33.6 Å². The number of aryl methyl sites for hydroxylation is 2. The van der Waals surface area contributed by atoms with Gasteiger partial charge >= 0.3 is 0 Å². The van der Waals surface area contributed by atoms with Crippen LogP contribution >= 0.6 is 0 Å². The molecule has 6 heteroatoms. The highest BCUT2D eigenvalue weighted by atomic mass is 16.5. The van der Waals surface area contributed by atoms with Crippen molar-refractivity contribution in [3.63, 3.8) is 0 Å². The van der Waals surface area contributed by atoms with Crippen LogP contribution in [-0.2, 0) is 12.8 Å². The molecule has 5 N–H and O–H groups in total. The summed E-state index contributed by atoms with van der Waals surface area (Å²) in [5.74, 6) is 1.65. The van der Waals surface area contributed by atoms with Crippen molar-refractivity contribution in [2.24, 2.45) is 11.5 Å². The molecule has 0 heterocycles. The van der Waals surface area contributed by atoms with Gasteiger partial charge < -0.3 is 26.0 Å². The highest BCUT2D eigenvalue weighted by Gasteiger charge is 2.11. The summed E-state index contributed by atoms with van der Waals surface area (Å²) in [6.45, 7) is 1.21. The minimum Gasteiger partial charge on any atom is -0.497 e. The average Bonchev–Trinajstić information content (AvgIpc) is 2.69. The van der Waals surface area contributed by atoms with Gasteiger partial charge in [0.15, 0.2) is 0 Å². The fourth-order valence-electron chi connectivity index (χ4n) is 2.72. The lowest BCUT2D eigenvalue weighted by Gasteiger charge is -2.22. The monoisotopic (exact) mass is 359 g/mol. The number of rotatable bonds is 11. The third-order valence-corrected chi connectivity index (χ3v) is 4.21. The number of para-hydroxylation sites is 1. The first-order valence-electron chi connectivity index (χ1n) is 8.80. The van der Waals surface area contributed by atoms with Crippen molar-refractivity contribution < 1.29 is 14.6 Å². The van der Waals surface area contributed by atoms with E-state index in [2.05, 4.69) is 6.07 Å². The van der Waals surface area contributed by atoms with E-state index >= 15 is 0 Å². The lowest BCUT2D eigenvalue weighted by atomic mass is 10.0. The van der Waals surface area contributed by atoms with Gasteiger partial charge in [-0.2, -0.15) is 0 Å². The maximum absolute atomic E-state index is 10.1. The Hall–Kier alpha value is -2.12. The predicted octanol–water partition coefficient (Wildman–Crippen LogP) is 1.35. The van der Waals surface area contributed by atoms with Crippen molar-refractivity contribution in [1.29, 1.82) is 0 Å². The number of ether oxygens (including phenoxy) is 2. The molecule has 0 radical (unpaired) electrons. The summed E-state index contributed by atoms with van der Waals surface area (Å²) in [4.78, 5) is 1.75. The van der Waals surface area contributed by atoms with Gasteiger partial charge in [-0.15, -0.1) is 0 Å². The van der Waals surface area contributed by atoms with Crippen LogP contribution in [0.3, 0.4) is 0 Å². The quantitative estimate of drug-likeness (QED) is 0.525. The highest BCUT2D eigenvalue weighted by molar-refractivity contribution is 5.35. The van der Waals surface area contributed by atoms with Crippen LogP contribution in [0.5, 0.6) is 11.5 Å². The molecule has 0 spiro atoms. The Balaban J connectivity index is 1.92. The zero-order valence-electron chi connectivity index (χ0n) is 15.3. The Morgan fingerprint density at radius 2 is 1.81 bits per heavy atom. The van der Waals surface area contributed by atoms with E-state index < -0.39 is 6.10 Å². The molecule has 0 saturated heterocycles. The maximum atomic E-state index is 10.1. The van der Waals surface area contributed by atoms with Gasteiger partial charge in [0, 0.05) is 19.9 Å². The molecule has 0 aliphatic rings.